The molecule has 1 aliphatic heterocycles. The Bertz CT molecular complexity index is 985. The normalized spacial score (nSPS) is 15.1. The lowest BCUT2D eigenvalue weighted by atomic mass is 10.1. The topological polar surface area (TPSA) is 55.8 Å². The molecule has 0 radical (unpaired) electrons. The van der Waals surface area contributed by atoms with Crippen molar-refractivity contribution in [1.82, 2.24) is 4.90 Å². The minimum Gasteiger partial charge on any atom is -0.493 e. The number of carbonyl (C=O) groups excluding carboxylic acids is 2. The Morgan fingerprint density at radius 1 is 1.21 bits per heavy atom. The number of nitrogens with zero attached hydrogens (tertiary/aromatic N) is 1. The number of aryl methyl sites for hydroxylation is 1. The number of carbonyl (C=O) groups is 2. The van der Waals surface area contributed by atoms with E-state index in [2.05, 4.69) is 6.58 Å². The van der Waals surface area contributed by atoms with Gasteiger partial charge in [-0.15, -0.1) is 0 Å². The van der Waals surface area contributed by atoms with Crippen LogP contribution in [0.15, 0.2) is 54.0 Å². The first-order valence-electron chi connectivity index (χ1n) is 8.85. The molecule has 1 saturated heterocycles. The Kier molecular flexibility index (Phi) is 6.67. The molecule has 0 saturated carbocycles. The molecule has 2 aromatic carbocycles. The van der Waals surface area contributed by atoms with Crippen molar-refractivity contribution in [2.24, 2.45) is 0 Å². The maximum absolute atomic E-state index is 12.8. The highest BCUT2D eigenvalue weighted by molar-refractivity contribution is 8.18. The van der Waals surface area contributed by atoms with E-state index >= 15 is 0 Å². The number of benzene rings is 2. The molecule has 0 aromatic heterocycles. The number of amides is 2. The molecule has 5 nitrogen and oxygen atoms in total. The first-order chi connectivity index (χ1) is 13.9. The van der Waals surface area contributed by atoms with Gasteiger partial charge in [0, 0.05) is 0 Å². The Morgan fingerprint density at radius 2 is 1.93 bits per heavy atom. The summed E-state index contributed by atoms with van der Waals surface area (Å²) in [6.45, 7) is 6.12. The molecule has 1 fully saturated rings. The molecule has 3 rings (SSSR count). The van der Waals surface area contributed by atoms with Crippen molar-refractivity contribution in [3.8, 4) is 11.5 Å². The summed E-state index contributed by atoms with van der Waals surface area (Å²) in [6, 6.07) is 11.1. The average molecular weight is 430 g/mol. The molecule has 1 aliphatic rings. The maximum Gasteiger partial charge on any atom is 0.293 e. The highest BCUT2D eigenvalue weighted by Crippen LogP contribution is 2.39. The van der Waals surface area contributed by atoms with Crippen LogP contribution in [0.25, 0.3) is 6.08 Å². The fourth-order valence-corrected chi connectivity index (χ4v) is 3.88. The standard InChI is InChI=1S/C22H20ClNO4S/c1-4-9-28-20-17(23)10-16(11-18(20)27-3)12-19-21(25)24(22(26)29-19)13-15-7-5-14(2)6-8-15/h4-8,10-12H,1,9,13H2,2-3H3/b19-12-. The van der Waals surface area contributed by atoms with Crippen molar-refractivity contribution in [1.29, 1.82) is 0 Å². The van der Waals surface area contributed by atoms with Crippen LogP contribution >= 0.6 is 23.4 Å². The molecule has 1 heterocycles. The summed E-state index contributed by atoms with van der Waals surface area (Å²) in [6.07, 6.45) is 3.24. The Hall–Kier alpha value is -2.70. The Labute approximate surface area is 178 Å². The van der Waals surface area contributed by atoms with Crippen molar-refractivity contribution in [3.05, 3.63) is 75.7 Å². The second-order valence-electron chi connectivity index (χ2n) is 6.39. The molecule has 7 heteroatoms. The summed E-state index contributed by atoms with van der Waals surface area (Å²) < 4.78 is 10.9. The number of halogens is 1. The van der Waals surface area contributed by atoms with Gasteiger partial charge in [0.15, 0.2) is 11.5 Å². The number of imide groups is 1. The summed E-state index contributed by atoms with van der Waals surface area (Å²) >= 11 is 7.22. The lowest BCUT2D eigenvalue weighted by Crippen LogP contribution is -2.27. The number of ether oxygens (including phenoxy) is 2. The van der Waals surface area contributed by atoms with Gasteiger partial charge in [-0.25, -0.2) is 0 Å². The van der Waals surface area contributed by atoms with E-state index in [9.17, 15) is 9.59 Å². The van der Waals surface area contributed by atoms with Crippen molar-refractivity contribution >= 4 is 40.6 Å². The van der Waals surface area contributed by atoms with Gasteiger partial charge in [-0.1, -0.05) is 54.1 Å². The molecule has 0 unspecified atom stereocenters. The molecule has 2 amide bonds. The zero-order valence-electron chi connectivity index (χ0n) is 16.1. The van der Waals surface area contributed by atoms with Crippen LogP contribution in [0, 0.1) is 6.92 Å². The van der Waals surface area contributed by atoms with Crippen LogP contribution in [0.4, 0.5) is 4.79 Å². The van der Waals surface area contributed by atoms with Gasteiger partial charge in [-0.05, 0) is 48.0 Å². The van der Waals surface area contributed by atoms with E-state index in [1.165, 1.54) is 12.0 Å². The minimum atomic E-state index is -0.331. The van der Waals surface area contributed by atoms with Gasteiger partial charge in [0.2, 0.25) is 0 Å². The zero-order chi connectivity index (χ0) is 21.0. The lowest BCUT2D eigenvalue weighted by molar-refractivity contribution is -0.123. The molecule has 2 aromatic rings. The number of rotatable bonds is 7. The van der Waals surface area contributed by atoms with E-state index in [0.29, 0.717) is 27.0 Å². The van der Waals surface area contributed by atoms with Crippen molar-refractivity contribution in [2.45, 2.75) is 13.5 Å². The van der Waals surface area contributed by atoms with Crippen LogP contribution in [-0.2, 0) is 11.3 Å². The number of hydrogen-bond donors (Lipinski definition) is 0. The summed E-state index contributed by atoms with van der Waals surface area (Å²) in [5, 5.41) is 0.0437. The summed E-state index contributed by atoms with van der Waals surface area (Å²) in [4.78, 5) is 26.7. The quantitative estimate of drug-likeness (QED) is 0.432. The molecule has 150 valence electrons. The van der Waals surface area contributed by atoms with Crippen LogP contribution in [0.2, 0.25) is 5.02 Å². The summed E-state index contributed by atoms with van der Waals surface area (Å²) in [5.74, 6) is 0.505. The van der Waals surface area contributed by atoms with Crippen LogP contribution in [-0.4, -0.2) is 29.8 Å². The average Bonchev–Trinajstić information content (AvgIpc) is 2.95. The summed E-state index contributed by atoms with van der Waals surface area (Å²) in [5.41, 5.74) is 2.65. The van der Waals surface area contributed by atoms with E-state index in [1.54, 1.807) is 24.3 Å². The van der Waals surface area contributed by atoms with E-state index in [1.807, 2.05) is 31.2 Å². The predicted molar refractivity (Wildman–Crippen MR) is 116 cm³/mol. The molecule has 29 heavy (non-hydrogen) atoms. The van der Waals surface area contributed by atoms with E-state index in [0.717, 1.165) is 22.9 Å². The second-order valence-corrected chi connectivity index (χ2v) is 7.79. The van der Waals surface area contributed by atoms with Gasteiger partial charge in [0.1, 0.15) is 6.61 Å². The highest BCUT2D eigenvalue weighted by atomic mass is 35.5. The van der Waals surface area contributed by atoms with Crippen LogP contribution in [0.3, 0.4) is 0 Å². The molecular weight excluding hydrogens is 410 g/mol. The monoisotopic (exact) mass is 429 g/mol. The van der Waals surface area contributed by atoms with Crippen LogP contribution < -0.4 is 9.47 Å². The molecule has 0 atom stereocenters. The van der Waals surface area contributed by atoms with Gasteiger partial charge < -0.3 is 9.47 Å². The fraction of sp³-hybridized carbons (Fsp3) is 0.182. The molecule has 0 aliphatic carbocycles. The largest absolute Gasteiger partial charge is 0.493 e. The third-order valence-corrected chi connectivity index (χ3v) is 5.42. The van der Waals surface area contributed by atoms with Crippen molar-refractivity contribution < 1.29 is 19.1 Å². The third-order valence-electron chi connectivity index (χ3n) is 4.23. The first kappa shape index (κ1) is 21.0. The van der Waals surface area contributed by atoms with Gasteiger partial charge in [0.05, 0.1) is 23.6 Å². The lowest BCUT2D eigenvalue weighted by Gasteiger charge is -2.13. The minimum absolute atomic E-state index is 0.237. The number of methoxy groups -OCH3 is 1. The van der Waals surface area contributed by atoms with Crippen LogP contribution in [0.5, 0.6) is 11.5 Å². The number of thioether (sulfide) groups is 1. The third kappa shape index (κ3) is 4.83. The molecular formula is C22H20ClNO4S. The SMILES string of the molecule is C=CCOc1c(Cl)cc(/C=C2\SC(=O)N(Cc3ccc(C)cc3)C2=O)cc1OC. The maximum atomic E-state index is 12.8. The van der Waals surface area contributed by atoms with Gasteiger partial charge in [-0.3, -0.25) is 14.5 Å². The molecule has 0 N–H and O–H groups in total. The Balaban J connectivity index is 1.84. The predicted octanol–water partition coefficient (Wildman–Crippen LogP) is 5.46. The highest BCUT2D eigenvalue weighted by Gasteiger charge is 2.35. The van der Waals surface area contributed by atoms with E-state index in [4.69, 9.17) is 21.1 Å². The summed E-state index contributed by atoms with van der Waals surface area (Å²) in [7, 11) is 1.51. The molecule has 0 spiro atoms. The second kappa shape index (κ2) is 9.20. The Morgan fingerprint density at radius 3 is 2.59 bits per heavy atom. The first-order valence-corrected chi connectivity index (χ1v) is 10.0. The smallest absolute Gasteiger partial charge is 0.293 e. The van der Waals surface area contributed by atoms with Gasteiger partial charge in [-0.2, -0.15) is 0 Å². The van der Waals surface area contributed by atoms with E-state index < -0.39 is 0 Å². The van der Waals surface area contributed by atoms with Gasteiger partial charge >= 0.3 is 0 Å². The number of hydrogen-bond acceptors (Lipinski definition) is 5. The van der Waals surface area contributed by atoms with Gasteiger partial charge in [0.25, 0.3) is 11.1 Å². The fourth-order valence-electron chi connectivity index (χ4n) is 2.77. The van der Waals surface area contributed by atoms with Crippen molar-refractivity contribution in [3.63, 3.8) is 0 Å². The molecule has 0 bridgehead atoms. The van der Waals surface area contributed by atoms with E-state index in [-0.39, 0.29) is 24.3 Å². The zero-order valence-corrected chi connectivity index (χ0v) is 17.7. The van der Waals surface area contributed by atoms with Crippen LogP contribution in [0.1, 0.15) is 16.7 Å². The van der Waals surface area contributed by atoms with Crippen molar-refractivity contribution in [2.75, 3.05) is 13.7 Å².